The van der Waals surface area contributed by atoms with Crippen LogP contribution in [0.5, 0.6) is 0 Å². The van der Waals surface area contributed by atoms with Gasteiger partial charge < -0.3 is 14.9 Å². The van der Waals surface area contributed by atoms with Crippen LogP contribution in [0.25, 0.3) is 6.08 Å². The maximum Gasteiger partial charge on any atom is 0.225 e. The van der Waals surface area contributed by atoms with Crippen molar-refractivity contribution in [1.82, 2.24) is 9.80 Å². The largest absolute Gasteiger partial charge is 0.389 e. The van der Waals surface area contributed by atoms with Gasteiger partial charge in [0, 0.05) is 26.2 Å². The number of nitrogens with zero attached hydrogens (tertiary/aromatic N) is 2. The summed E-state index contributed by atoms with van der Waals surface area (Å²) in [6.45, 7) is 2.29. The lowest BCUT2D eigenvalue weighted by Crippen LogP contribution is -2.54. The predicted octanol–water partition coefficient (Wildman–Crippen LogP) is 1.15. The SMILES string of the molecule is CC(=O)N1C=Cc2ccccc2C1CC(=O)N1CC(O)C1. The molecule has 0 spiro atoms. The summed E-state index contributed by atoms with van der Waals surface area (Å²) >= 11 is 0. The number of amides is 2. The fourth-order valence-electron chi connectivity index (χ4n) is 2.87. The number of fused-ring (bicyclic) bond motifs is 1. The van der Waals surface area contributed by atoms with Gasteiger partial charge in [0.2, 0.25) is 11.8 Å². The van der Waals surface area contributed by atoms with Crippen molar-refractivity contribution in [2.45, 2.75) is 25.5 Å². The molecule has 3 rings (SSSR count). The molecule has 1 N–H and O–H groups in total. The molecule has 1 unspecified atom stereocenters. The molecule has 2 amide bonds. The van der Waals surface area contributed by atoms with Crippen molar-refractivity contribution in [3.63, 3.8) is 0 Å². The first-order valence-corrected chi connectivity index (χ1v) is 7.08. The van der Waals surface area contributed by atoms with Crippen molar-refractivity contribution in [3.05, 3.63) is 41.6 Å². The van der Waals surface area contributed by atoms with Gasteiger partial charge in [-0.25, -0.2) is 0 Å². The Kier molecular flexibility index (Phi) is 3.51. The molecule has 0 radical (unpaired) electrons. The standard InChI is InChI=1S/C16H18N2O3/c1-11(19)18-7-6-12-4-2-3-5-14(12)15(18)8-16(21)17-9-13(20)10-17/h2-7,13,15,20H,8-10H2,1H3. The van der Waals surface area contributed by atoms with Crippen molar-refractivity contribution >= 4 is 17.9 Å². The molecule has 2 aliphatic heterocycles. The van der Waals surface area contributed by atoms with Gasteiger partial charge in [0.25, 0.3) is 0 Å². The van der Waals surface area contributed by atoms with E-state index >= 15 is 0 Å². The number of aliphatic hydroxyl groups excluding tert-OH is 1. The van der Waals surface area contributed by atoms with Crippen LogP contribution in [-0.4, -0.2) is 45.9 Å². The Morgan fingerprint density at radius 2 is 2.00 bits per heavy atom. The fraction of sp³-hybridized carbons (Fsp3) is 0.375. The average molecular weight is 286 g/mol. The van der Waals surface area contributed by atoms with Gasteiger partial charge in [0.15, 0.2) is 0 Å². The van der Waals surface area contributed by atoms with Crippen molar-refractivity contribution in [3.8, 4) is 0 Å². The highest BCUT2D eigenvalue weighted by molar-refractivity contribution is 5.82. The molecule has 1 fully saturated rings. The van der Waals surface area contributed by atoms with Crippen LogP contribution in [0.1, 0.15) is 30.5 Å². The number of benzene rings is 1. The molecule has 0 aliphatic carbocycles. The molecule has 0 bridgehead atoms. The zero-order chi connectivity index (χ0) is 15.0. The first-order chi connectivity index (χ1) is 10.1. The summed E-state index contributed by atoms with van der Waals surface area (Å²) in [4.78, 5) is 27.3. The van der Waals surface area contributed by atoms with Crippen LogP contribution in [0.3, 0.4) is 0 Å². The van der Waals surface area contributed by atoms with E-state index in [2.05, 4.69) is 0 Å². The van der Waals surface area contributed by atoms with Gasteiger partial charge in [-0.05, 0) is 17.2 Å². The minimum Gasteiger partial charge on any atom is -0.389 e. The molecular formula is C16H18N2O3. The normalized spacial score (nSPS) is 21.0. The average Bonchev–Trinajstić information content (AvgIpc) is 2.43. The minimum absolute atomic E-state index is 0.0262. The molecular weight excluding hydrogens is 268 g/mol. The molecule has 5 nitrogen and oxygen atoms in total. The van der Waals surface area contributed by atoms with Crippen LogP contribution in [0.4, 0.5) is 0 Å². The molecule has 2 heterocycles. The van der Waals surface area contributed by atoms with Gasteiger partial charge in [0.05, 0.1) is 18.6 Å². The number of carbonyl (C=O) groups excluding carboxylic acids is 2. The van der Waals surface area contributed by atoms with Gasteiger partial charge in [0.1, 0.15) is 0 Å². The number of carbonyl (C=O) groups is 2. The highest BCUT2D eigenvalue weighted by atomic mass is 16.3. The number of aliphatic hydroxyl groups is 1. The van der Waals surface area contributed by atoms with Gasteiger partial charge in [-0.3, -0.25) is 9.59 Å². The van der Waals surface area contributed by atoms with E-state index in [0.717, 1.165) is 11.1 Å². The number of rotatable bonds is 2. The van der Waals surface area contributed by atoms with Gasteiger partial charge in [-0.2, -0.15) is 0 Å². The second-order valence-corrected chi connectivity index (χ2v) is 5.54. The third kappa shape index (κ3) is 2.56. The van der Waals surface area contributed by atoms with Crippen molar-refractivity contribution < 1.29 is 14.7 Å². The van der Waals surface area contributed by atoms with Crippen LogP contribution >= 0.6 is 0 Å². The van der Waals surface area contributed by atoms with E-state index in [1.54, 1.807) is 16.0 Å². The van der Waals surface area contributed by atoms with Crippen LogP contribution in [0.2, 0.25) is 0 Å². The summed E-state index contributed by atoms with van der Waals surface area (Å²) in [5.41, 5.74) is 2.03. The van der Waals surface area contributed by atoms with E-state index in [0.29, 0.717) is 13.1 Å². The molecule has 0 saturated carbocycles. The van der Waals surface area contributed by atoms with E-state index in [-0.39, 0.29) is 24.3 Å². The lowest BCUT2D eigenvalue weighted by Gasteiger charge is -2.38. The third-order valence-electron chi connectivity index (χ3n) is 4.05. The van der Waals surface area contributed by atoms with E-state index in [1.807, 2.05) is 30.3 Å². The van der Waals surface area contributed by atoms with E-state index in [9.17, 15) is 14.7 Å². The molecule has 1 aromatic carbocycles. The zero-order valence-electron chi connectivity index (χ0n) is 11.9. The lowest BCUT2D eigenvalue weighted by atomic mass is 9.93. The Morgan fingerprint density at radius 3 is 2.67 bits per heavy atom. The van der Waals surface area contributed by atoms with E-state index < -0.39 is 6.10 Å². The van der Waals surface area contributed by atoms with Gasteiger partial charge >= 0.3 is 0 Å². The topological polar surface area (TPSA) is 60.9 Å². The quantitative estimate of drug-likeness (QED) is 0.887. The first kappa shape index (κ1) is 13.8. The van der Waals surface area contributed by atoms with Crippen LogP contribution < -0.4 is 0 Å². The summed E-state index contributed by atoms with van der Waals surface area (Å²) in [5, 5.41) is 9.30. The van der Waals surface area contributed by atoms with Gasteiger partial charge in [-0.15, -0.1) is 0 Å². The molecule has 110 valence electrons. The zero-order valence-corrected chi connectivity index (χ0v) is 11.9. The van der Waals surface area contributed by atoms with Crippen LogP contribution in [0, 0.1) is 0 Å². The Balaban J connectivity index is 1.84. The summed E-state index contributed by atoms with van der Waals surface area (Å²) in [7, 11) is 0. The molecule has 1 saturated heterocycles. The number of hydrogen-bond donors (Lipinski definition) is 1. The minimum atomic E-state index is -0.406. The molecule has 2 aliphatic rings. The highest BCUT2D eigenvalue weighted by Gasteiger charge is 2.33. The summed E-state index contributed by atoms with van der Waals surface area (Å²) in [5.74, 6) is -0.108. The van der Waals surface area contributed by atoms with Crippen molar-refractivity contribution in [2.24, 2.45) is 0 Å². The predicted molar refractivity (Wildman–Crippen MR) is 77.9 cm³/mol. The van der Waals surface area contributed by atoms with Crippen molar-refractivity contribution in [1.29, 1.82) is 0 Å². The maximum atomic E-state index is 12.3. The van der Waals surface area contributed by atoms with E-state index in [4.69, 9.17) is 0 Å². The Morgan fingerprint density at radius 1 is 1.29 bits per heavy atom. The Bertz CT molecular complexity index is 605. The first-order valence-electron chi connectivity index (χ1n) is 7.08. The maximum absolute atomic E-state index is 12.3. The second kappa shape index (κ2) is 5.33. The van der Waals surface area contributed by atoms with Gasteiger partial charge in [-0.1, -0.05) is 24.3 Å². The number of likely N-dealkylation sites (tertiary alicyclic amines) is 1. The smallest absolute Gasteiger partial charge is 0.225 e. The molecule has 1 atom stereocenters. The highest BCUT2D eigenvalue weighted by Crippen LogP contribution is 2.33. The van der Waals surface area contributed by atoms with E-state index in [1.165, 1.54) is 6.92 Å². The Hall–Kier alpha value is -2.14. The molecule has 21 heavy (non-hydrogen) atoms. The molecule has 1 aromatic rings. The third-order valence-corrected chi connectivity index (χ3v) is 4.05. The monoisotopic (exact) mass is 286 g/mol. The van der Waals surface area contributed by atoms with Crippen molar-refractivity contribution in [2.75, 3.05) is 13.1 Å². The summed E-state index contributed by atoms with van der Waals surface area (Å²) < 4.78 is 0. The number of β-amino-alcohol motifs (C(OH)–C–C–N with tert-alkyl or cyclic N) is 1. The van der Waals surface area contributed by atoms with Crippen LogP contribution in [-0.2, 0) is 9.59 Å². The summed E-state index contributed by atoms with van der Waals surface area (Å²) in [6, 6.07) is 7.53. The summed E-state index contributed by atoms with van der Waals surface area (Å²) in [6.07, 6.45) is 3.48. The fourth-order valence-corrected chi connectivity index (χ4v) is 2.87. The van der Waals surface area contributed by atoms with Crippen LogP contribution in [0.15, 0.2) is 30.5 Å². The molecule has 5 heteroatoms. The molecule has 0 aromatic heterocycles. The number of hydrogen-bond acceptors (Lipinski definition) is 3. The second-order valence-electron chi connectivity index (χ2n) is 5.54. The lowest BCUT2D eigenvalue weighted by molar-refractivity contribution is -0.143. The Labute approximate surface area is 123 Å².